The van der Waals surface area contributed by atoms with Gasteiger partial charge in [-0.2, -0.15) is 9.97 Å². The summed E-state index contributed by atoms with van der Waals surface area (Å²) in [6.45, 7) is 13.5. The third kappa shape index (κ3) is 22.4. The number of ether oxygens (including phenoxy) is 2. The summed E-state index contributed by atoms with van der Waals surface area (Å²) in [6, 6.07) is 7.54. The lowest BCUT2D eigenvalue weighted by Gasteiger charge is -2.37. The molecule has 28 heteroatoms. The molecule has 3 aliphatic heterocycles. The number of anilines is 1. The number of nitrogens with one attached hydrogen (secondary N) is 1. The molecule has 75 heavy (non-hydrogen) atoms. The maximum Gasteiger partial charge on any atom is 0.380 e. The number of fused-ring (bicyclic) bond motifs is 1. The highest BCUT2D eigenvalue weighted by molar-refractivity contribution is 14.1. The first-order valence-electron chi connectivity index (χ1n) is 23.0. The smallest absolute Gasteiger partial charge is 0.380 e. The first-order valence-corrected chi connectivity index (χ1v) is 28.0. The van der Waals surface area contributed by atoms with Crippen molar-refractivity contribution >= 4 is 68.2 Å². The Morgan fingerprint density at radius 2 is 1.52 bits per heavy atom. The van der Waals surface area contributed by atoms with Gasteiger partial charge in [0.2, 0.25) is 0 Å². The first kappa shape index (κ1) is 70.9. The normalized spacial score (nSPS) is 22.1. The predicted octanol–water partition coefficient (Wildman–Crippen LogP) is 4.74. The van der Waals surface area contributed by atoms with Gasteiger partial charge in [0, 0.05) is 69.2 Å². The number of hydrogen-bond acceptors (Lipinski definition) is 19. The van der Waals surface area contributed by atoms with Crippen molar-refractivity contribution in [2.75, 3.05) is 44.4 Å². The molecule has 2 fully saturated rings. The number of aliphatic hydroxyl groups is 4. The molecule has 0 bridgehead atoms. The molecule has 0 radical (unpaired) electrons. The maximum absolute atomic E-state index is 12.6. The molecule has 422 valence electrons. The van der Waals surface area contributed by atoms with Crippen LogP contribution in [-0.4, -0.2) is 129 Å². The number of aliphatic hydroxyl groups excluding tert-OH is 4. The number of aliphatic imine (C=N–C) groups is 1. The zero-order valence-corrected chi connectivity index (χ0v) is 47.1. The van der Waals surface area contributed by atoms with Crippen LogP contribution in [0.3, 0.4) is 0 Å². The zero-order valence-electron chi connectivity index (χ0n) is 42.3. The van der Waals surface area contributed by atoms with E-state index in [1.54, 1.807) is 12.5 Å². The Hall–Kier alpha value is -4.06. The first-order chi connectivity index (χ1) is 33.9. The largest absolute Gasteiger partial charge is 0.424 e. The summed E-state index contributed by atoms with van der Waals surface area (Å²) in [4.78, 5) is 56.2. The minimum Gasteiger partial charge on any atom is -0.424 e. The molecule has 3 aliphatic rings. The van der Waals surface area contributed by atoms with Gasteiger partial charge in [0.1, 0.15) is 41.8 Å². The van der Waals surface area contributed by atoms with Gasteiger partial charge in [0.25, 0.3) is 0 Å². The lowest BCUT2D eigenvalue weighted by atomic mass is 9.98. The Balaban J connectivity index is 0.00000107. The van der Waals surface area contributed by atoms with Gasteiger partial charge < -0.3 is 66.5 Å². The maximum atomic E-state index is 12.6. The molecule has 0 aliphatic carbocycles. The standard InChI is InChI=1S/C18H29IN4O4.C14H20N3O7P.C14H17O3P.CH4.HNS.H3N.H2O/c1-11(2)6-22(7-12(3)4)10-20-17-13(19)8-23(18(26)21-17)16-5-14(25)15(9-24)27-16;15-13-9(4-2-1-3-5-25(21,22)23)7-17(14(20)16-13)12-6-10(19)11(8-18)24-12;1-4-5-8-11-18(15)16-13-10-7-6-9-12(13)14(2,3)17-18;;1-2;;/h8,10-12,14-16,24-25H,5-7,9H2,1-4H3;7,10-12,18-19H,1,3,5-6,8H2,(H2,15,16,20)(H2,21,22,23);1,6-7,9-10H,5,8,11H2,2-3H3;1H4;1H;1H3;1H2. The molecule has 0 spiro atoms. The van der Waals surface area contributed by atoms with Gasteiger partial charge in [-0.1, -0.05) is 65.2 Å². The van der Waals surface area contributed by atoms with Gasteiger partial charge in [-0.05, 0) is 67.2 Å². The highest BCUT2D eigenvalue weighted by Crippen LogP contribution is 2.59. The van der Waals surface area contributed by atoms with Crippen LogP contribution in [0.4, 0.5) is 11.6 Å². The number of benzene rings is 1. The predicted molar refractivity (Wildman–Crippen MR) is 297 cm³/mol. The molecular formula is C47H76IN9O15P2S. The van der Waals surface area contributed by atoms with Crippen molar-refractivity contribution in [3.63, 3.8) is 0 Å². The number of unbranched alkanes of at least 4 members (excludes halogenated alkanes) is 2. The van der Waals surface area contributed by atoms with Gasteiger partial charge in [0.05, 0.1) is 53.2 Å². The molecule has 2 aromatic heterocycles. The van der Waals surface area contributed by atoms with Crippen LogP contribution >= 0.6 is 37.8 Å². The summed E-state index contributed by atoms with van der Waals surface area (Å²) in [7, 11) is -7.13. The van der Waals surface area contributed by atoms with Crippen LogP contribution in [0.15, 0.2) is 51.2 Å². The van der Waals surface area contributed by atoms with E-state index in [0.717, 1.165) is 23.2 Å². The van der Waals surface area contributed by atoms with Crippen LogP contribution in [-0.2, 0) is 41.2 Å². The molecule has 3 aromatic rings. The SMILES string of the molecule is C.C#CCCCP1(=O)Oc2ccccc2C(C)(C)O1.CC(C)CN(C=Nc1nc(=O)n(C2CC(O)C(CO)O2)cc1I)CC(C)C.N.N=S.Nc1nc(=O)n(C2CC(O)C(CO)O2)cc1C#CCCCP(=O)(O)O.O. The molecule has 24 nitrogen and oxygen atoms in total. The van der Waals surface area contributed by atoms with E-state index in [2.05, 4.69) is 100 Å². The number of rotatable bonds is 16. The third-order valence-electron chi connectivity index (χ3n) is 10.7. The number of aromatic nitrogens is 4. The Kier molecular flexibility index (Phi) is 31.5. The fraction of sp³-hybridized carbons (Fsp3) is 0.596. The second kappa shape index (κ2) is 33.3. The van der Waals surface area contributed by atoms with Crippen LogP contribution in [0, 0.1) is 44.4 Å². The molecule has 2 saturated heterocycles. The van der Waals surface area contributed by atoms with Gasteiger partial charge in [-0.3, -0.25) is 18.2 Å². The quantitative estimate of drug-likeness (QED) is 0.0233. The van der Waals surface area contributed by atoms with Crippen molar-refractivity contribution in [1.29, 1.82) is 4.78 Å². The van der Waals surface area contributed by atoms with E-state index < -0.39 is 69.0 Å². The highest BCUT2D eigenvalue weighted by atomic mass is 127. The molecule has 0 saturated carbocycles. The van der Waals surface area contributed by atoms with Crippen molar-refractivity contribution in [2.45, 2.75) is 130 Å². The lowest BCUT2D eigenvalue weighted by Crippen LogP contribution is -2.30. The van der Waals surface area contributed by atoms with E-state index in [4.69, 9.17) is 50.4 Å². The van der Waals surface area contributed by atoms with E-state index in [0.29, 0.717) is 46.0 Å². The molecule has 0 amide bonds. The summed E-state index contributed by atoms with van der Waals surface area (Å²) in [5.41, 5.74) is 5.11. The monoisotopic (exact) mass is 1230 g/mol. The Bertz CT molecular complexity index is 2590. The average molecular weight is 1230 g/mol. The van der Waals surface area contributed by atoms with E-state index in [-0.39, 0.29) is 75.5 Å². The molecule has 14 N–H and O–H groups in total. The van der Waals surface area contributed by atoms with Gasteiger partial charge >= 0.3 is 26.6 Å². The molecule has 5 heterocycles. The molecule has 7 atom stereocenters. The van der Waals surface area contributed by atoms with Gasteiger partial charge in [0.15, 0.2) is 5.82 Å². The number of nitrogens with two attached hydrogens (primary N) is 1. The number of para-hydroxylation sites is 1. The van der Waals surface area contributed by atoms with Crippen LogP contribution in [0.2, 0.25) is 0 Å². The van der Waals surface area contributed by atoms with Crippen LogP contribution in [0.25, 0.3) is 0 Å². The summed E-state index contributed by atoms with van der Waals surface area (Å²) in [5.74, 6) is 9.91. The van der Waals surface area contributed by atoms with Crippen molar-refractivity contribution in [3.8, 4) is 29.9 Å². The molecule has 6 rings (SSSR count). The number of halogens is 1. The molecular weight excluding hydrogens is 1150 g/mol. The Morgan fingerprint density at radius 1 is 0.987 bits per heavy atom. The lowest BCUT2D eigenvalue weighted by molar-refractivity contribution is -0.0459. The number of nitrogen functional groups attached to an aromatic ring is 1. The van der Waals surface area contributed by atoms with Crippen molar-refractivity contribution in [2.24, 2.45) is 16.8 Å². The summed E-state index contributed by atoms with van der Waals surface area (Å²) >= 11 is 5.42. The van der Waals surface area contributed by atoms with E-state index in [9.17, 15) is 34.0 Å². The van der Waals surface area contributed by atoms with Crippen molar-refractivity contribution in [3.05, 3.63) is 72.3 Å². The van der Waals surface area contributed by atoms with Crippen LogP contribution in [0.5, 0.6) is 5.75 Å². The Morgan fingerprint density at radius 3 is 2.03 bits per heavy atom. The number of hydrogen-bond donors (Lipinski definition) is 9. The van der Waals surface area contributed by atoms with Crippen molar-refractivity contribution < 1.29 is 63.3 Å². The van der Waals surface area contributed by atoms with Crippen LogP contribution in [0.1, 0.15) is 111 Å². The number of nitrogens with zero attached hydrogens (tertiary/aromatic N) is 6. The number of terminal acetylenes is 1. The molecule has 1 aromatic carbocycles. The summed E-state index contributed by atoms with van der Waals surface area (Å²) in [5, 5.41) is 37.9. The topological polar surface area (TPSA) is 394 Å². The van der Waals surface area contributed by atoms with E-state index in [1.807, 2.05) is 38.1 Å². The third-order valence-corrected chi connectivity index (χ3v) is 14.4. The second-order valence-corrected chi connectivity index (χ2v) is 23.1. The van der Waals surface area contributed by atoms with Crippen molar-refractivity contribution in [1.82, 2.24) is 30.2 Å². The fourth-order valence-electron chi connectivity index (χ4n) is 7.47. The average Bonchev–Trinajstić information content (AvgIpc) is 3.87. The second-order valence-electron chi connectivity index (χ2n) is 18.2. The van der Waals surface area contributed by atoms with Gasteiger partial charge in [-0.25, -0.2) is 23.9 Å². The highest BCUT2D eigenvalue weighted by Gasteiger charge is 2.42. The molecule has 7 unspecified atom stereocenters. The zero-order chi connectivity index (χ0) is 54.0. The fourth-order valence-corrected chi connectivity index (χ4v) is 10.6. The Labute approximate surface area is 457 Å². The van der Waals surface area contributed by atoms with Crippen LogP contribution < -0.4 is 27.8 Å². The van der Waals surface area contributed by atoms with Gasteiger partial charge in [-0.15, -0.1) is 12.3 Å². The summed E-state index contributed by atoms with van der Waals surface area (Å²) in [6.07, 6.45) is 7.50. The summed E-state index contributed by atoms with van der Waals surface area (Å²) < 4.78 is 54.1. The minimum atomic E-state index is -4.04. The van der Waals surface area contributed by atoms with E-state index in [1.165, 1.54) is 10.8 Å². The van der Waals surface area contributed by atoms with E-state index >= 15 is 0 Å². The minimum absolute atomic E-state index is 0.